The first kappa shape index (κ1) is 21.0. The van der Waals surface area contributed by atoms with Crippen LogP contribution in [0.3, 0.4) is 0 Å². The summed E-state index contributed by atoms with van der Waals surface area (Å²) in [5.41, 5.74) is 0.963. The average molecular weight is 487 g/mol. The molecule has 0 amide bonds. The Labute approximate surface area is 189 Å². The van der Waals surface area contributed by atoms with E-state index in [2.05, 4.69) is 40.8 Å². The van der Waals surface area contributed by atoms with E-state index in [1.54, 1.807) is 6.07 Å². The molecule has 2 aromatic rings. The Morgan fingerprint density at radius 2 is 1.87 bits per heavy atom. The zero-order valence-electron chi connectivity index (χ0n) is 17.4. The summed E-state index contributed by atoms with van der Waals surface area (Å²) in [5, 5.41) is 21.5. The van der Waals surface area contributed by atoms with Gasteiger partial charge in [-0.15, -0.1) is 0 Å². The minimum atomic E-state index is -1.21. The van der Waals surface area contributed by atoms with Crippen molar-refractivity contribution in [2.45, 2.75) is 57.0 Å². The van der Waals surface area contributed by atoms with Gasteiger partial charge in [0.1, 0.15) is 23.0 Å². The van der Waals surface area contributed by atoms with Gasteiger partial charge in [0.2, 0.25) is 0 Å². The monoisotopic (exact) mass is 486 g/mol. The maximum absolute atomic E-state index is 14.2. The third-order valence-electron chi connectivity index (χ3n) is 8.28. The highest BCUT2D eigenvalue weighted by Gasteiger charge is 2.61. The fourth-order valence-electron chi connectivity index (χ4n) is 6.58. The van der Waals surface area contributed by atoms with Crippen molar-refractivity contribution in [1.82, 2.24) is 0 Å². The fourth-order valence-corrected chi connectivity index (χ4v) is 6.89. The van der Waals surface area contributed by atoms with E-state index in [9.17, 15) is 19.0 Å². The van der Waals surface area contributed by atoms with Crippen LogP contribution in [0.25, 0.3) is 0 Å². The van der Waals surface area contributed by atoms with Gasteiger partial charge in [0.05, 0.1) is 10.0 Å². The number of hydrogen-bond acceptors (Lipinski definition) is 2. The van der Waals surface area contributed by atoms with Gasteiger partial charge in [-0.2, -0.15) is 0 Å². The van der Waals surface area contributed by atoms with E-state index in [0.29, 0.717) is 29.9 Å². The molecule has 5 rings (SSSR count). The number of rotatable bonds is 0. The summed E-state index contributed by atoms with van der Waals surface area (Å²) >= 11 is 2.98. The van der Waals surface area contributed by atoms with Gasteiger partial charge in [-0.05, 0) is 108 Å². The lowest BCUT2D eigenvalue weighted by Crippen LogP contribution is -2.50. The molecule has 5 atom stereocenters. The van der Waals surface area contributed by atoms with E-state index in [0.717, 1.165) is 44.2 Å². The lowest BCUT2D eigenvalue weighted by Gasteiger charge is -2.52. The van der Waals surface area contributed by atoms with E-state index < -0.39 is 17.2 Å². The smallest absolute Gasteiger partial charge is 0.140 e. The molecule has 3 aliphatic rings. The molecule has 0 radical (unpaired) electrons. The van der Waals surface area contributed by atoms with Crippen LogP contribution in [0.5, 0.6) is 5.75 Å². The zero-order chi connectivity index (χ0) is 22.0. The summed E-state index contributed by atoms with van der Waals surface area (Å²) in [6.07, 6.45) is 5.20. The molecule has 0 aliphatic heterocycles. The van der Waals surface area contributed by atoms with Crippen molar-refractivity contribution in [3.8, 4) is 17.6 Å². The van der Waals surface area contributed by atoms with Crippen LogP contribution < -0.4 is 0 Å². The first-order valence-corrected chi connectivity index (χ1v) is 11.7. The number of halogens is 3. The average Bonchev–Trinajstić information content (AvgIpc) is 3.00. The Morgan fingerprint density at radius 3 is 2.68 bits per heavy atom. The second-order valence-electron chi connectivity index (χ2n) is 9.65. The first-order chi connectivity index (χ1) is 14.7. The summed E-state index contributed by atoms with van der Waals surface area (Å²) < 4.78 is 28.2. The summed E-state index contributed by atoms with van der Waals surface area (Å²) in [6.45, 7) is 2.13. The Morgan fingerprint density at radius 1 is 1.06 bits per heavy atom. The number of phenolic OH excluding ortho intramolecular Hbond substituents is 1. The van der Waals surface area contributed by atoms with Gasteiger partial charge in [0.15, 0.2) is 0 Å². The molecule has 2 saturated carbocycles. The Balaban J connectivity index is 1.46. The van der Waals surface area contributed by atoms with Gasteiger partial charge in [0.25, 0.3) is 0 Å². The molecule has 2 aromatic carbocycles. The van der Waals surface area contributed by atoms with E-state index in [4.69, 9.17) is 0 Å². The van der Waals surface area contributed by atoms with Gasteiger partial charge in [-0.25, -0.2) is 8.78 Å². The highest BCUT2D eigenvalue weighted by atomic mass is 79.9. The molecule has 0 aromatic heterocycles. The van der Waals surface area contributed by atoms with Crippen molar-refractivity contribution >= 4 is 15.9 Å². The number of benzene rings is 2. The molecule has 162 valence electrons. The number of aliphatic hydroxyl groups is 1. The number of aromatic hydroxyl groups is 1. The quantitative estimate of drug-likeness (QED) is 0.350. The maximum atomic E-state index is 14.2. The van der Waals surface area contributed by atoms with Crippen molar-refractivity contribution in [3.05, 3.63) is 63.1 Å². The van der Waals surface area contributed by atoms with E-state index in [1.165, 1.54) is 11.1 Å². The number of fused-ring (bicyclic) bond motifs is 5. The van der Waals surface area contributed by atoms with Crippen LogP contribution in [-0.2, 0) is 6.42 Å². The van der Waals surface area contributed by atoms with Crippen molar-refractivity contribution < 1.29 is 19.0 Å². The topological polar surface area (TPSA) is 40.5 Å². The molecule has 2 N–H and O–H groups in total. The zero-order valence-corrected chi connectivity index (χ0v) is 19.0. The molecule has 3 aliphatic carbocycles. The predicted octanol–water partition coefficient (Wildman–Crippen LogP) is 6.07. The summed E-state index contributed by atoms with van der Waals surface area (Å²) in [5.74, 6) is 6.12. The molecule has 0 heterocycles. The van der Waals surface area contributed by atoms with Crippen LogP contribution in [0, 0.1) is 40.7 Å². The molecule has 0 unspecified atom stereocenters. The molecular weight excluding hydrogens is 462 g/mol. The second kappa shape index (κ2) is 7.32. The molecule has 5 heteroatoms. The Hall–Kier alpha value is -1.90. The van der Waals surface area contributed by atoms with Gasteiger partial charge in [0, 0.05) is 5.41 Å². The number of phenols is 1. The molecule has 2 fully saturated rings. The highest BCUT2D eigenvalue weighted by molar-refractivity contribution is 9.10. The third-order valence-corrected chi connectivity index (χ3v) is 8.88. The number of aryl methyl sites for hydroxylation is 1. The van der Waals surface area contributed by atoms with E-state index >= 15 is 0 Å². The van der Waals surface area contributed by atoms with Crippen LogP contribution in [0.15, 0.2) is 34.8 Å². The molecule has 2 nitrogen and oxygen atoms in total. The van der Waals surface area contributed by atoms with Crippen molar-refractivity contribution in [2.24, 2.45) is 17.3 Å². The van der Waals surface area contributed by atoms with Crippen molar-refractivity contribution in [2.75, 3.05) is 0 Å². The SMILES string of the molecule is C[C@]12CC[C@@H]3c4ccc(O)cc4CC[C@H]3[C@@H]1CC[C@@]2(O)C#Cc1cc(F)c(Br)cc1F. The van der Waals surface area contributed by atoms with Crippen molar-refractivity contribution in [1.29, 1.82) is 0 Å². The molecule has 31 heavy (non-hydrogen) atoms. The van der Waals surface area contributed by atoms with Crippen LogP contribution in [0.4, 0.5) is 8.78 Å². The summed E-state index contributed by atoms with van der Waals surface area (Å²) in [4.78, 5) is 0. The summed E-state index contributed by atoms with van der Waals surface area (Å²) in [6, 6.07) is 7.88. The standard InChI is InChI=1S/C26H25BrF2O2/c1-25-9-7-19-18-5-3-17(30)12-15(18)2-4-20(19)21(25)8-11-26(25,31)10-6-16-13-24(29)22(27)14-23(16)28/h3,5,12-14,19-21,30-31H,2,4,7-9,11H2,1H3/t19-,20-,21+,25+,26+/m1/s1. The van der Waals surface area contributed by atoms with Crippen LogP contribution in [0.1, 0.15) is 61.6 Å². The highest BCUT2D eigenvalue weighted by Crippen LogP contribution is 2.64. The van der Waals surface area contributed by atoms with Gasteiger partial charge >= 0.3 is 0 Å². The minimum absolute atomic E-state index is 0.0266. The number of hydrogen-bond donors (Lipinski definition) is 2. The Bertz CT molecular complexity index is 1120. The third kappa shape index (κ3) is 3.22. The largest absolute Gasteiger partial charge is 0.508 e. The fraction of sp³-hybridized carbons (Fsp3) is 0.462. The Kier molecular flexibility index (Phi) is 4.95. The molecule has 0 bridgehead atoms. The minimum Gasteiger partial charge on any atom is -0.508 e. The van der Waals surface area contributed by atoms with Gasteiger partial charge in [-0.1, -0.05) is 24.8 Å². The van der Waals surface area contributed by atoms with Crippen LogP contribution in [-0.4, -0.2) is 15.8 Å². The lowest BCUT2D eigenvalue weighted by atomic mass is 9.53. The van der Waals surface area contributed by atoms with Crippen LogP contribution >= 0.6 is 15.9 Å². The van der Waals surface area contributed by atoms with Crippen molar-refractivity contribution in [3.63, 3.8) is 0 Å². The van der Waals surface area contributed by atoms with Crippen LogP contribution in [0.2, 0.25) is 0 Å². The van der Waals surface area contributed by atoms with Gasteiger partial charge in [-0.3, -0.25) is 0 Å². The van der Waals surface area contributed by atoms with E-state index in [-0.39, 0.29) is 15.5 Å². The normalized spacial score (nSPS) is 33.6. The second-order valence-corrected chi connectivity index (χ2v) is 10.5. The van der Waals surface area contributed by atoms with Gasteiger partial charge < -0.3 is 10.2 Å². The molecule has 0 saturated heterocycles. The van der Waals surface area contributed by atoms with E-state index in [1.807, 2.05) is 6.07 Å². The predicted molar refractivity (Wildman–Crippen MR) is 119 cm³/mol. The summed E-state index contributed by atoms with van der Waals surface area (Å²) in [7, 11) is 0. The molecule has 0 spiro atoms. The lowest BCUT2D eigenvalue weighted by molar-refractivity contribution is -0.0647. The first-order valence-electron chi connectivity index (χ1n) is 10.9. The maximum Gasteiger partial charge on any atom is 0.140 e. The molecular formula is C26H25BrF2O2.